The Hall–Kier alpha value is -1.81. The van der Waals surface area contributed by atoms with Crippen LogP contribution in [0.1, 0.15) is 35.7 Å². The summed E-state index contributed by atoms with van der Waals surface area (Å²) in [5.41, 5.74) is 2.53. The molecule has 110 valence electrons. The molecule has 1 aliphatic heterocycles. The van der Waals surface area contributed by atoms with Crippen molar-refractivity contribution in [1.82, 2.24) is 14.9 Å². The van der Waals surface area contributed by atoms with Crippen LogP contribution in [0.3, 0.4) is 0 Å². The normalized spacial score (nSPS) is 19.6. The standard InChI is InChI=1S/C17H20FN3/c1-21-8-4-6-14(12-21)17-11-19-15(10-20-17)9-13-5-2-3-7-16(13)18/h2-3,5,7,10-11,14H,4,6,8-9,12H2,1H3/t14-/m0/s1. The molecule has 0 amide bonds. The number of benzene rings is 1. The quantitative estimate of drug-likeness (QED) is 0.868. The summed E-state index contributed by atoms with van der Waals surface area (Å²) in [4.78, 5) is 11.4. The van der Waals surface area contributed by atoms with Gasteiger partial charge >= 0.3 is 0 Å². The van der Waals surface area contributed by atoms with Crippen molar-refractivity contribution in [2.45, 2.75) is 25.2 Å². The molecule has 1 fully saturated rings. The zero-order valence-electron chi connectivity index (χ0n) is 12.3. The Bertz CT molecular complexity index is 597. The van der Waals surface area contributed by atoms with Crippen LogP contribution in [0.4, 0.5) is 4.39 Å². The van der Waals surface area contributed by atoms with Crippen molar-refractivity contribution in [3.63, 3.8) is 0 Å². The van der Waals surface area contributed by atoms with Crippen LogP contribution in [0.5, 0.6) is 0 Å². The van der Waals surface area contributed by atoms with Crippen molar-refractivity contribution in [2.75, 3.05) is 20.1 Å². The van der Waals surface area contributed by atoms with Gasteiger partial charge in [0.15, 0.2) is 0 Å². The molecule has 0 radical (unpaired) electrons. The van der Waals surface area contributed by atoms with E-state index in [-0.39, 0.29) is 5.82 Å². The SMILES string of the molecule is CN1CCC[C@H](c2cnc(Cc3ccccc3F)cn2)C1. The number of likely N-dealkylation sites (tertiary alicyclic amines) is 1. The number of hydrogen-bond acceptors (Lipinski definition) is 3. The zero-order chi connectivity index (χ0) is 14.7. The van der Waals surface area contributed by atoms with Gasteiger partial charge in [-0.2, -0.15) is 0 Å². The maximum absolute atomic E-state index is 13.6. The minimum atomic E-state index is -0.183. The molecule has 3 nitrogen and oxygen atoms in total. The van der Waals surface area contributed by atoms with Crippen LogP contribution in [-0.2, 0) is 6.42 Å². The molecule has 0 unspecified atom stereocenters. The van der Waals surface area contributed by atoms with E-state index in [1.807, 2.05) is 12.3 Å². The molecular formula is C17H20FN3. The number of hydrogen-bond donors (Lipinski definition) is 0. The Morgan fingerprint density at radius 1 is 1.24 bits per heavy atom. The first kappa shape index (κ1) is 14.1. The van der Waals surface area contributed by atoms with Crippen molar-refractivity contribution in [3.8, 4) is 0 Å². The van der Waals surface area contributed by atoms with Crippen LogP contribution < -0.4 is 0 Å². The topological polar surface area (TPSA) is 29.0 Å². The summed E-state index contributed by atoms with van der Waals surface area (Å²) in [6.07, 6.45) is 6.52. The summed E-state index contributed by atoms with van der Waals surface area (Å²) in [6.45, 7) is 2.20. The summed E-state index contributed by atoms with van der Waals surface area (Å²) >= 11 is 0. The van der Waals surface area contributed by atoms with Crippen LogP contribution in [0.2, 0.25) is 0 Å². The third-order valence-electron chi connectivity index (χ3n) is 4.10. The van der Waals surface area contributed by atoms with Crippen molar-refractivity contribution >= 4 is 0 Å². The number of piperidine rings is 1. The van der Waals surface area contributed by atoms with E-state index in [0.717, 1.165) is 24.5 Å². The van der Waals surface area contributed by atoms with E-state index in [1.54, 1.807) is 18.3 Å². The second kappa shape index (κ2) is 6.31. The molecule has 21 heavy (non-hydrogen) atoms. The molecule has 3 rings (SSSR count). The lowest BCUT2D eigenvalue weighted by Gasteiger charge is -2.29. The first-order valence-electron chi connectivity index (χ1n) is 7.45. The van der Waals surface area contributed by atoms with Gasteiger partial charge in [-0.3, -0.25) is 9.97 Å². The van der Waals surface area contributed by atoms with E-state index in [0.29, 0.717) is 17.9 Å². The van der Waals surface area contributed by atoms with Crippen molar-refractivity contribution < 1.29 is 4.39 Å². The molecule has 4 heteroatoms. The predicted octanol–water partition coefficient (Wildman–Crippen LogP) is 3.02. The van der Waals surface area contributed by atoms with E-state index >= 15 is 0 Å². The summed E-state index contributed by atoms with van der Waals surface area (Å²) in [5, 5.41) is 0. The molecule has 1 aromatic heterocycles. The molecule has 0 aliphatic carbocycles. The summed E-state index contributed by atoms with van der Waals surface area (Å²) in [6, 6.07) is 6.82. The molecular weight excluding hydrogens is 265 g/mol. The van der Waals surface area contributed by atoms with Crippen LogP contribution in [0.25, 0.3) is 0 Å². The highest BCUT2D eigenvalue weighted by atomic mass is 19.1. The molecule has 2 aromatic rings. The first-order chi connectivity index (χ1) is 10.2. The molecule has 1 atom stereocenters. The van der Waals surface area contributed by atoms with E-state index < -0.39 is 0 Å². The zero-order valence-corrected chi connectivity index (χ0v) is 12.3. The van der Waals surface area contributed by atoms with Gasteiger partial charge in [-0.15, -0.1) is 0 Å². The average molecular weight is 285 g/mol. The lowest BCUT2D eigenvalue weighted by atomic mass is 9.95. The van der Waals surface area contributed by atoms with Crippen LogP contribution in [-0.4, -0.2) is 35.0 Å². The minimum Gasteiger partial charge on any atom is -0.306 e. The van der Waals surface area contributed by atoms with Gasteiger partial charge in [0.05, 0.1) is 11.4 Å². The molecule has 0 saturated carbocycles. The molecule has 1 aliphatic rings. The highest BCUT2D eigenvalue weighted by Gasteiger charge is 2.20. The largest absolute Gasteiger partial charge is 0.306 e. The van der Waals surface area contributed by atoms with Gasteiger partial charge < -0.3 is 4.90 Å². The monoisotopic (exact) mass is 285 g/mol. The Balaban J connectivity index is 1.71. The first-order valence-corrected chi connectivity index (χ1v) is 7.45. The second-order valence-electron chi connectivity index (χ2n) is 5.80. The van der Waals surface area contributed by atoms with Gasteiger partial charge in [-0.1, -0.05) is 18.2 Å². The third kappa shape index (κ3) is 3.45. The molecule has 1 saturated heterocycles. The summed E-state index contributed by atoms with van der Waals surface area (Å²) < 4.78 is 13.6. The minimum absolute atomic E-state index is 0.183. The molecule has 1 aromatic carbocycles. The fourth-order valence-electron chi connectivity index (χ4n) is 2.91. The van der Waals surface area contributed by atoms with Crippen molar-refractivity contribution in [1.29, 1.82) is 0 Å². The van der Waals surface area contributed by atoms with E-state index in [9.17, 15) is 4.39 Å². The lowest BCUT2D eigenvalue weighted by molar-refractivity contribution is 0.248. The van der Waals surface area contributed by atoms with Crippen molar-refractivity contribution in [2.24, 2.45) is 0 Å². The maximum atomic E-state index is 13.6. The van der Waals surface area contributed by atoms with Crippen LogP contribution >= 0.6 is 0 Å². The molecule has 2 heterocycles. The van der Waals surface area contributed by atoms with Gasteiger partial charge in [0.25, 0.3) is 0 Å². The van der Waals surface area contributed by atoms with E-state index in [2.05, 4.69) is 21.9 Å². The molecule has 0 bridgehead atoms. The summed E-state index contributed by atoms with van der Waals surface area (Å²) in [5.74, 6) is 0.288. The number of halogens is 1. The third-order valence-corrected chi connectivity index (χ3v) is 4.10. The van der Waals surface area contributed by atoms with Crippen molar-refractivity contribution in [3.05, 3.63) is 59.4 Å². The fourth-order valence-corrected chi connectivity index (χ4v) is 2.91. The van der Waals surface area contributed by atoms with Gasteiger partial charge in [-0.05, 0) is 38.1 Å². The second-order valence-corrected chi connectivity index (χ2v) is 5.80. The number of rotatable bonds is 3. The summed E-state index contributed by atoms with van der Waals surface area (Å²) in [7, 11) is 2.14. The Morgan fingerprint density at radius 3 is 2.81 bits per heavy atom. The Labute approximate surface area is 124 Å². The number of nitrogens with zero attached hydrogens (tertiary/aromatic N) is 3. The van der Waals surface area contributed by atoms with E-state index in [4.69, 9.17) is 0 Å². The molecule has 0 N–H and O–H groups in total. The number of likely N-dealkylation sites (N-methyl/N-ethyl adjacent to an activating group) is 1. The molecule has 0 spiro atoms. The Kier molecular flexibility index (Phi) is 4.25. The van der Waals surface area contributed by atoms with Crippen LogP contribution in [0, 0.1) is 5.82 Å². The van der Waals surface area contributed by atoms with Gasteiger partial charge in [0, 0.05) is 31.3 Å². The fraction of sp³-hybridized carbons (Fsp3) is 0.412. The Morgan fingerprint density at radius 2 is 2.10 bits per heavy atom. The highest BCUT2D eigenvalue weighted by Crippen LogP contribution is 2.24. The highest BCUT2D eigenvalue weighted by molar-refractivity contribution is 5.22. The van der Waals surface area contributed by atoms with Gasteiger partial charge in [0.1, 0.15) is 5.82 Å². The smallest absolute Gasteiger partial charge is 0.126 e. The average Bonchev–Trinajstić information content (AvgIpc) is 2.50. The lowest BCUT2D eigenvalue weighted by Crippen LogP contribution is -2.31. The van der Waals surface area contributed by atoms with Gasteiger partial charge in [-0.25, -0.2) is 4.39 Å². The predicted molar refractivity (Wildman–Crippen MR) is 80.7 cm³/mol. The van der Waals surface area contributed by atoms with Gasteiger partial charge in [0.2, 0.25) is 0 Å². The number of aromatic nitrogens is 2. The maximum Gasteiger partial charge on any atom is 0.126 e. The van der Waals surface area contributed by atoms with E-state index in [1.165, 1.54) is 18.9 Å². The van der Waals surface area contributed by atoms with Crippen LogP contribution in [0.15, 0.2) is 36.7 Å².